The Balaban J connectivity index is 1.96. The third-order valence-corrected chi connectivity index (χ3v) is 3.73. The van der Waals surface area contributed by atoms with Crippen LogP contribution in [0.2, 0.25) is 0 Å². The molecule has 1 aromatic rings. The maximum Gasteiger partial charge on any atom is 0.416 e. The highest BCUT2D eigenvalue weighted by Crippen LogP contribution is 2.30. The second kappa shape index (κ2) is 7.79. The van der Waals surface area contributed by atoms with Crippen LogP contribution >= 0.6 is 0 Å². The molecule has 0 N–H and O–H groups in total. The van der Waals surface area contributed by atoms with Crippen LogP contribution in [0.15, 0.2) is 24.3 Å². The van der Waals surface area contributed by atoms with Gasteiger partial charge in [-0.25, -0.2) is 0 Å². The largest absolute Gasteiger partial charge is 0.416 e. The summed E-state index contributed by atoms with van der Waals surface area (Å²) in [5, 5.41) is 0. The predicted molar refractivity (Wildman–Crippen MR) is 78.0 cm³/mol. The number of benzene rings is 1. The van der Waals surface area contributed by atoms with Crippen LogP contribution in [-0.2, 0) is 26.9 Å². The van der Waals surface area contributed by atoms with E-state index in [0.717, 1.165) is 12.1 Å². The van der Waals surface area contributed by atoms with Gasteiger partial charge >= 0.3 is 6.18 Å². The Morgan fingerprint density at radius 1 is 1.43 bits per heavy atom. The molecule has 1 heterocycles. The summed E-state index contributed by atoms with van der Waals surface area (Å²) in [6, 6.07) is 5.22. The Morgan fingerprint density at radius 2 is 2.22 bits per heavy atom. The third kappa shape index (κ3) is 5.21. The number of methoxy groups -OCH3 is 1. The summed E-state index contributed by atoms with van der Waals surface area (Å²) in [7, 11) is 1.53. The minimum atomic E-state index is -4.36. The Morgan fingerprint density at radius 3 is 2.91 bits per heavy atom. The van der Waals surface area contributed by atoms with Gasteiger partial charge in [-0.3, -0.25) is 4.79 Å². The molecular weight excluding hydrogens is 311 g/mol. The molecule has 1 fully saturated rings. The first kappa shape index (κ1) is 17.7. The quantitative estimate of drug-likeness (QED) is 0.832. The summed E-state index contributed by atoms with van der Waals surface area (Å²) < 4.78 is 48.7. The number of carbonyl (C=O) groups is 1. The molecule has 0 aliphatic carbocycles. The van der Waals surface area contributed by atoms with Gasteiger partial charge in [-0.15, -0.1) is 0 Å². The van der Waals surface area contributed by atoms with Crippen molar-refractivity contribution in [1.82, 2.24) is 4.90 Å². The molecule has 0 saturated carbocycles. The number of amides is 1. The number of halogens is 3. The van der Waals surface area contributed by atoms with Crippen molar-refractivity contribution in [2.75, 3.05) is 33.4 Å². The number of hydrogen-bond acceptors (Lipinski definition) is 3. The molecule has 1 aliphatic rings. The van der Waals surface area contributed by atoms with E-state index >= 15 is 0 Å². The number of ether oxygens (including phenoxy) is 2. The van der Waals surface area contributed by atoms with Crippen molar-refractivity contribution in [2.24, 2.45) is 0 Å². The molecule has 0 aromatic heterocycles. The van der Waals surface area contributed by atoms with Gasteiger partial charge in [-0.2, -0.15) is 13.2 Å². The van der Waals surface area contributed by atoms with Crippen LogP contribution in [0.3, 0.4) is 0 Å². The van der Waals surface area contributed by atoms with Crippen molar-refractivity contribution in [3.63, 3.8) is 0 Å². The summed E-state index contributed by atoms with van der Waals surface area (Å²) in [6.45, 7) is 1.64. The molecular formula is C16H20F3NO3. The SMILES string of the molecule is COCCC(=O)N1CCO[C@@H](Cc2cccc(C(F)(F)F)c2)C1. The second-order valence-electron chi connectivity index (χ2n) is 5.48. The highest BCUT2D eigenvalue weighted by atomic mass is 19.4. The van der Waals surface area contributed by atoms with E-state index in [4.69, 9.17) is 9.47 Å². The van der Waals surface area contributed by atoms with Crippen LogP contribution in [0.4, 0.5) is 13.2 Å². The van der Waals surface area contributed by atoms with Gasteiger partial charge in [0.15, 0.2) is 0 Å². The van der Waals surface area contributed by atoms with Gasteiger partial charge in [0.05, 0.1) is 31.3 Å². The lowest BCUT2D eigenvalue weighted by Crippen LogP contribution is -2.46. The summed E-state index contributed by atoms with van der Waals surface area (Å²) in [5.41, 5.74) is -0.116. The number of carbonyl (C=O) groups excluding carboxylic acids is 1. The van der Waals surface area contributed by atoms with Gasteiger partial charge in [0.2, 0.25) is 5.91 Å². The molecule has 4 nitrogen and oxygen atoms in total. The average molecular weight is 331 g/mol. The summed E-state index contributed by atoms with van der Waals surface area (Å²) in [6.07, 6.45) is -4.00. The van der Waals surface area contributed by atoms with Gasteiger partial charge in [-0.1, -0.05) is 18.2 Å². The van der Waals surface area contributed by atoms with E-state index in [9.17, 15) is 18.0 Å². The minimum Gasteiger partial charge on any atom is -0.384 e. The smallest absolute Gasteiger partial charge is 0.384 e. The summed E-state index contributed by atoms with van der Waals surface area (Å²) in [5.74, 6) is -0.0239. The van der Waals surface area contributed by atoms with Crippen LogP contribution < -0.4 is 0 Å². The Labute approximate surface area is 133 Å². The maximum absolute atomic E-state index is 12.7. The van der Waals surface area contributed by atoms with Gasteiger partial charge in [-0.05, 0) is 11.6 Å². The normalized spacial score (nSPS) is 19.0. The average Bonchev–Trinajstić information content (AvgIpc) is 2.52. The van der Waals surface area contributed by atoms with Crippen molar-refractivity contribution in [2.45, 2.75) is 25.1 Å². The molecule has 128 valence electrons. The Bertz CT molecular complexity index is 534. The van der Waals surface area contributed by atoms with Crippen LogP contribution in [0.5, 0.6) is 0 Å². The van der Waals surface area contributed by atoms with E-state index < -0.39 is 11.7 Å². The summed E-state index contributed by atoms with van der Waals surface area (Å²) >= 11 is 0. The van der Waals surface area contributed by atoms with Gasteiger partial charge < -0.3 is 14.4 Å². The van der Waals surface area contributed by atoms with E-state index in [1.165, 1.54) is 13.2 Å². The monoisotopic (exact) mass is 331 g/mol. The Kier molecular flexibility index (Phi) is 6.01. The number of hydrogen-bond donors (Lipinski definition) is 0. The second-order valence-corrected chi connectivity index (χ2v) is 5.48. The molecule has 1 amide bonds. The fourth-order valence-corrected chi connectivity index (χ4v) is 2.55. The first-order valence-electron chi connectivity index (χ1n) is 7.44. The van der Waals surface area contributed by atoms with Crippen molar-refractivity contribution in [1.29, 1.82) is 0 Å². The topological polar surface area (TPSA) is 38.8 Å². The van der Waals surface area contributed by atoms with E-state index in [-0.39, 0.29) is 12.0 Å². The standard InChI is InChI=1S/C16H20F3NO3/c1-22-7-5-15(21)20-6-8-23-14(11-20)10-12-3-2-4-13(9-12)16(17,18)19/h2-4,9,14H,5-8,10-11H2,1H3/t14-/m0/s1. The van der Waals surface area contributed by atoms with Crippen molar-refractivity contribution < 1.29 is 27.4 Å². The highest BCUT2D eigenvalue weighted by molar-refractivity contribution is 5.76. The van der Waals surface area contributed by atoms with E-state index in [2.05, 4.69) is 0 Å². The predicted octanol–water partition coefficient (Wildman–Crippen LogP) is 2.51. The number of rotatable bonds is 5. The first-order chi connectivity index (χ1) is 10.9. The molecule has 1 saturated heterocycles. The van der Waals surface area contributed by atoms with E-state index in [1.807, 2.05) is 0 Å². The minimum absolute atomic E-state index is 0.0239. The zero-order chi connectivity index (χ0) is 16.9. The molecule has 0 radical (unpaired) electrons. The van der Waals surface area contributed by atoms with E-state index in [0.29, 0.717) is 44.7 Å². The maximum atomic E-state index is 12.7. The molecule has 0 spiro atoms. The molecule has 0 bridgehead atoms. The van der Waals surface area contributed by atoms with E-state index in [1.54, 1.807) is 11.0 Å². The highest BCUT2D eigenvalue weighted by Gasteiger charge is 2.31. The first-order valence-corrected chi connectivity index (χ1v) is 7.44. The molecule has 1 atom stereocenters. The third-order valence-electron chi connectivity index (χ3n) is 3.73. The van der Waals surface area contributed by atoms with Crippen LogP contribution in [-0.4, -0.2) is 50.3 Å². The van der Waals surface area contributed by atoms with Crippen molar-refractivity contribution in [3.8, 4) is 0 Å². The molecule has 23 heavy (non-hydrogen) atoms. The zero-order valence-corrected chi connectivity index (χ0v) is 12.9. The van der Waals surface area contributed by atoms with Crippen LogP contribution in [0.25, 0.3) is 0 Å². The molecule has 7 heteroatoms. The molecule has 1 aromatic carbocycles. The van der Waals surface area contributed by atoms with Crippen LogP contribution in [0, 0.1) is 0 Å². The number of nitrogens with zero attached hydrogens (tertiary/aromatic N) is 1. The fourth-order valence-electron chi connectivity index (χ4n) is 2.55. The van der Waals surface area contributed by atoms with Crippen LogP contribution in [0.1, 0.15) is 17.5 Å². The Hall–Kier alpha value is -1.60. The fraction of sp³-hybridized carbons (Fsp3) is 0.562. The van der Waals surface area contributed by atoms with Gasteiger partial charge in [0.25, 0.3) is 0 Å². The van der Waals surface area contributed by atoms with Gasteiger partial charge in [0.1, 0.15) is 0 Å². The number of morpholine rings is 1. The van der Waals surface area contributed by atoms with Gasteiger partial charge in [0, 0.05) is 26.6 Å². The lowest BCUT2D eigenvalue weighted by Gasteiger charge is -2.33. The van der Waals surface area contributed by atoms with Crippen molar-refractivity contribution >= 4 is 5.91 Å². The molecule has 2 rings (SSSR count). The molecule has 1 aliphatic heterocycles. The lowest BCUT2D eigenvalue weighted by atomic mass is 10.0. The number of alkyl halides is 3. The van der Waals surface area contributed by atoms with Crippen molar-refractivity contribution in [3.05, 3.63) is 35.4 Å². The molecule has 0 unspecified atom stereocenters. The lowest BCUT2D eigenvalue weighted by molar-refractivity contribution is -0.139. The summed E-state index contributed by atoms with van der Waals surface area (Å²) in [4.78, 5) is 13.7. The zero-order valence-electron chi connectivity index (χ0n) is 12.9.